The van der Waals surface area contributed by atoms with Crippen molar-refractivity contribution in [3.63, 3.8) is 0 Å². The largest absolute Gasteiger partial charge is 0.206 e. The minimum atomic E-state index is -0.0921. The van der Waals surface area contributed by atoms with Crippen molar-refractivity contribution in [3.8, 4) is 6.07 Å². The molecule has 1 nitrogen and oxygen atoms in total. The standard InChI is InChI=1S/C31H34FN/c1-2-3-4-23-5-7-24(8-6-23)9-12-26-16-20-30-29(21-26)19-18-28(31(30)32)17-15-25-10-13-27(22-33)14-11-25/h2,10-11,13-14,16,18-21,23-24H,1,3-9,12,15,17H2. The molecule has 2 heteroatoms. The molecule has 1 aliphatic carbocycles. The van der Waals surface area contributed by atoms with E-state index >= 15 is 4.39 Å². The number of rotatable bonds is 9. The second kappa shape index (κ2) is 11.3. The van der Waals surface area contributed by atoms with E-state index in [9.17, 15) is 0 Å². The van der Waals surface area contributed by atoms with Crippen LogP contribution in [0.4, 0.5) is 4.39 Å². The number of hydrogen-bond donors (Lipinski definition) is 0. The highest BCUT2D eigenvalue weighted by atomic mass is 19.1. The number of nitriles is 1. The lowest BCUT2D eigenvalue weighted by molar-refractivity contribution is 0.254. The molecule has 0 aliphatic heterocycles. The van der Waals surface area contributed by atoms with E-state index in [0.29, 0.717) is 12.0 Å². The van der Waals surface area contributed by atoms with Crippen LogP contribution in [0, 0.1) is 29.0 Å². The number of benzene rings is 3. The minimum Gasteiger partial charge on any atom is -0.206 e. The van der Waals surface area contributed by atoms with Crippen LogP contribution >= 0.6 is 0 Å². The first-order chi connectivity index (χ1) is 16.2. The molecule has 1 fully saturated rings. The molecular formula is C31H34FN. The zero-order valence-electron chi connectivity index (χ0n) is 19.5. The highest BCUT2D eigenvalue weighted by Crippen LogP contribution is 2.34. The van der Waals surface area contributed by atoms with Gasteiger partial charge in [0, 0.05) is 5.39 Å². The van der Waals surface area contributed by atoms with Gasteiger partial charge in [0.2, 0.25) is 0 Å². The minimum absolute atomic E-state index is 0.0921. The van der Waals surface area contributed by atoms with E-state index in [2.05, 4.69) is 30.8 Å². The molecule has 33 heavy (non-hydrogen) atoms. The van der Waals surface area contributed by atoms with Gasteiger partial charge in [0.15, 0.2) is 0 Å². The normalized spacial score (nSPS) is 18.2. The van der Waals surface area contributed by atoms with Crippen LogP contribution in [0.2, 0.25) is 0 Å². The Hall–Kier alpha value is -2.92. The van der Waals surface area contributed by atoms with Crippen molar-refractivity contribution in [1.29, 1.82) is 5.26 Å². The van der Waals surface area contributed by atoms with Crippen molar-refractivity contribution in [1.82, 2.24) is 0 Å². The molecule has 0 atom stereocenters. The van der Waals surface area contributed by atoms with Crippen LogP contribution < -0.4 is 0 Å². The summed E-state index contributed by atoms with van der Waals surface area (Å²) in [6, 6.07) is 20.0. The molecule has 4 rings (SSSR count). The molecule has 0 aromatic heterocycles. The zero-order valence-corrected chi connectivity index (χ0v) is 19.5. The summed E-state index contributed by atoms with van der Waals surface area (Å²) < 4.78 is 15.2. The SMILES string of the molecule is C=CCCC1CCC(CCc2ccc3c(F)c(CCc4ccc(C#N)cc4)ccc3c2)CC1. The van der Waals surface area contributed by atoms with Gasteiger partial charge in [-0.15, -0.1) is 6.58 Å². The summed E-state index contributed by atoms with van der Waals surface area (Å²) >= 11 is 0. The molecule has 1 saturated carbocycles. The molecule has 0 radical (unpaired) electrons. The summed E-state index contributed by atoms with van der Waals surface area (Å²) in [6.07, 6.45) is 13.7. The van der Waals surface area contributed by atoms with Crippen LogP contribution in [0.15, 0.2) is 67.3 Å². The maximum Gasteiger partial charge on any atom is 0.134 e. The summed E-state index contributed by atoms with van der Waals surface area (Å²) in [7, 11) is 0. The Balaban J connectivity index is 1.33. The van der Waals surface area contributed by atoms with Crippen molar-refractivity contribution < 1.29 is 4.39 Å². The first-order valence-corrected chi connectivity index (χ1v) is 12.5. The first kappa shape index (κ1) is 23.2. The number of allylic oxidation sites excluding steroid dienone is 1. The quantitative estimate of drug-likeness (QED) is 0.307. The van der Waals surface area contributed by atoms with E-state index in [-0.39, 0.29) is 5.82 Å². The fraction of sp³-hybridized carbons (Fsp3) is 0.387. The summed E-state index contributed by atoms with van der Waals surface area (Å²) in [5.41, 5.74) is 3.86. The van der Waals surface area contributed by atoms with E-state index in [1.54, 1.807) is 0 Å². The Kier molecular flexibility index (Phi) is 7.95. The average Bonchev–Trinajstić information content (AvgIpc) is 2.86. The van der Waals surface area contributed by atoms with Gasteiger partial charge in [-0.1, -0.05) is 74.2 Å². The highest BCUT2D eigenvalue weighted by molar-refractivity contribution is 5.84. The van der Waals surface area contributed by atoms with Gasteiger partial charge in [-0.05, 0) is 84.6 Å². The maximum atomic E-state index is 15.2. The summed E-state index contributed by atoms with van der Waals surface area (Å²) in [6.45, 7) is 3.85. The van der Waals surface area contributed by atoms with E-state index in [4.69, 9.17) is 5.26 Å². The zero-order chi connectivity index (χ0) is 23.0. The third kappa shape index (κ3) is 6.11. The summed E-state index contributed by atoms with van der Waals surface area (Å²) in [4.78, 5) is 0. The Morgan fingerprint density at radius 1 is 0.848 bits per heavy atom. The van der Waals surface area contributed by atoms with Gasteiger partial charge in [-0.25, -0.2) is 4.39 Å². The molecule has 1 aliphatic rings. The van der Waals surface area contributed by atoms with Gasteiger partial charge in [0.25, 0.3) is 0 Å². The monoisotopic (exact) mass is 439 g/mol. The molecule has 0 spiro atoms. The fourth-order valence-electron chi connectivity index (χ4n) is 5.29. The smallest absolute Gasteiger partial charge is 0.134 e. The number of fused-ring (bicyclic) bond motifs is 1. The van der Waals surface area contributed by atoms with Crippen molar-refractivity contribution in [2.24, 2.45) is 11.8 Å². The van der Waals surface area contributed by atoms with Gasteiger partial charge in [0.1, 0.15) is 5.82 Å². The first-order valence-electron chi connectivity index (χ1n) is 12.5. The average molecular weight is 440 g/mol. The molecule has 0 bridgehead atoms. The van der Waals surface area contributed by atoms with Crippen molar-refractivity contribution in [2.45, 2.75) is 64.2 Å². The molecular weight excluding hydrogens is 405 g/mol. The second-order valence-corrected chi connectivity index (χ2v) is 9.69. The number of halogens is 1. The lowest BCUT2D eigenvalue weighted by Gasteiger charge is -2.28. The highest BCUT2D eigenvalue weighted by Gasteiger charge is 2.20. The molecule has 0 N–H and O–H groups in total. The lowest BCUT2D eigenvalue weighted by atomic mass is 9.78. The van der Waals surface area contributed by atoms with Crippen molar-refractivity contribution in [3.05, 3.63) is 95.3 Å². The Bertz CT molecular complexity index is 1110. The van der Waals surface area contributed by atoms with Crippen LogP contribution in [0.5, 0.6) is 0 Å². The Morgan fingerprint density at radius 2 is 1.55 bits per heavy atom. The van der Waals surface area contributed by atoms with E-state index in [0.717, 1.165) is 53.0 Å². The van der Waals surface area contributed by atoms with Gasteiger partial charge in [0.05, 0.1) is 11.6 Å². The van der Waals surface area contributed by atoms with Crippen molar-refractivity contribution >= 4 is 10.8 Å². The topological polar surface area (TPSA) is 23.8 Å². The van der Waals surface area contributed by atoms with E-state index < -0.39 is 0 Å². The van der Waals surface area contributed by atoms with Crippen LogP contribution in [-0.2, 0) is 19.3 Å². The summed E-state index contributed by atoms with van der Waals surface area (Å²) in [5, 5.41) is 10.6. The lowest BCUT2D eigenvalue weighted by Crippen LogP contribution is -2.15. The maximum absolute atomic E-state index is 15.2. The molecule has 0 saturated heterocycles. The molecule has 0 amide bonds. The Morgan fingerprint density at radius 3 is 2.24 bits per heavy atom. The fourth-order valence-corrected chi connectivity index (χ4v) is 5.29. The van der Waals surface area contributed by atoms with E-state index in [1.165, 1.54) is 44.1 Å². The molecule has 0 heterocycles. The van der Waals surface area contributed by atoms with Gasteiger partial charge in [-0.2, -0.15) is 5.26 Å². The summed E-state index contributed by atoms with van der Waals surface area (Å²) in [5.74, 6) is 1.64. The van der Waals surface area contributed by atoms with Gasteiger partial charge in [-0.3, -0.25) is 0 Å². The molecule has 3 aromatic rings. The predicted molar refractivity (Wildman–Crippen MR) is 136 cm³/mol. The third-order valence-corrected chi connectivity index (χ3v) is 7.45. The second-order valence-electron chi connectivity index (χ2n) is 9.69. The van der Waals surface area contributed by atoms with Crippen LogP contribution in [0.3, 0.4) is 0 Å². The van der Waals surface area contributed by atoms with Gasteiger partial charge >= 0.3 is 0 Å². The van der Waals surface area contributed by atoms with Crippen LogP contribution in [0.25, 0.3) is 10.8 Å². The number of nitrogens with zero attached hydrogens (tertiary/aromatic N) is 1. The van der Waals surface area contributed by atoms with E-state index in [1.807, 2.05) is 42.5 Å². The number of aryl methyl sites for hydroxylation is 3. The van der Waals surface area contributed by atoms with Gasteiger partial charge < -0.3 is 0 Å². The van der Waals surface area contributed by atoms with Crippen molar-refractivity contribution in [2.75, 3.05) is 0 Å². The molecule has 3 aromatic carbocycles. The predicted octanol–water partition coefficient (Wildman–Crippen LogP) is 8.34. The molecule has 0 unspecified atom stereocenters. The Labute approximate surface area is 198 Å². The third-order valence-electron chi connectivity index (χ3n) is 7.45. The van der Waals surface area contributed by atoms with Crippen LogP contribution in [-0.4, -0.2) is 0 Å². The van der Waals surface area contributed by atoms with Crippen LogP contribution in [0.1, 0.15) is 67.2 Å². The number of hydrogen-bond acceptors (Lipinski definition) is 1. The molecule has 170 valence electrons.